The number of rotatable bonds is 4. The maximum Gasteiger partial charge on any atom is 0.220 e. The molecule has 2 bridgehead atoms. The average Bonchev–Trinajstić information content (AvgIpc) is 2.76. The largest absolute Gasteiger partial charge is 0.374 e. The molecular formula is C15H27N3O2. The molecule has 0 aromatic heterocycles. The van der Waals surface area contributed by atoms with Crippen molar-refractivity contribution in [2.45, 2.75) is 50.3 Å². The molecule has 0 aromatic rings. The van der Waals surface area contributed by atoms with Gasteiger partial charge in [0, 0.05) is 38.1 Å². The lowest BCUT2D eigenvalue weighted by Gasteiger charge is -2.31. The second-order valence-corrected chi connectivity index (χ2v) is 6.74. The number of carbonyl (C=O) groups excluding carboxylic acids is 1. The molecule has 3 rings (SSSR count). The average molecular weight is 281 g/mol. The predicted molar refractivity (Wildman–Crippen MR) is 77.5 cm³/mol. The minimum atomic E-state index is 0.155. The molecule has 0 saturated carbocycles. The molecule has 0 aliphatic carbocycles. The maximum absolute atomic E-state index is 12.1. The van der Waals surface area contributed by atoms with Gasteiger partial charge in [-0.1, -0.05) is 0 Å². The van der Waals surface area contributed by atoms with Crippen molar-refractivity contribution < 1.29 is 9.53 Å². The van der Waals surface area contributed by atoms with Gasteiger partial charge in [-0.3, -0.25) is 4.79 Å². The number of piperidine rings is 1. The van der Waals surface area contributed by atoms with Gasteiger partial charge < -0.3 is 20.3 Å². The Morgan fingerprint density at radius 3 is 2.80 bits per heavy atom. The minimum Gasteiger partial charge on any atom is -0.374 e. The van der Waals surface area contributed by atoms with Crippen LogP contribution in [0.1, 0.15) is 32.1 Å². The lowest BCUT2D eigenvalue weighted by molar-refractivity contribution is -0.123. The first-order chi connectivity index (χ1) is 9.69. The molecule has 3 fully saturated rings. The first kappa shape index (κ1) is 14.3. The lowest BCUT2D eigenvalue weighted by atomic mass is 9.89. The highest BCUT2D eigenvalue weighted by atomic mass is 16.5. The number of fused-ring (bicyclic) bond motifs is 2. The van der Waals surface area contributed by atoms with E-state index >= 15 is 0 Å². The van der Waals surface area contributed by atoms with E-state index in [1.165, 1.54) is 25.7 Å². The third-order valence-electron chi connectivity index (χ3n) is 4.91. The molecule has 3 heterocycles. The molecule has 3 atom stereocenters. The standard InChI is InChI=1S/C15H27N3O2/c1-18-4-5-20-14(10-18)9-16-15(19)8-11-6-12-2-3-13(7-11)17-12/h11-14,17H,2-10H2,1H3,(H,16,19). The van der Waals surface area contributed by atoms with E-state index in [4.69, 9.17) is 4.74 Å². The zero-order chi connectivity index (χ0) is 13.9. The van der Waals surface area contributed by atoms with E-state index in [0.29, 0.717) is 31.0 Å². The number of likely N-dealkylation sites (N-methyl/N-ethyl adjacent to an activating group) is 1. The smallest absolute Gasteiger partial charge is 0.220 e. The highest BCUT2D eigenvalue weighted by molar-refractivity contribution is 5.76. The number of carbonyl (C=O) groups is 1. The van der Waals surface area contributed by atoms with Crippen LogP contribution in [-0.2, 0) is 9.53 Å². The van der Waals surface area contributed by atoms with Crippen molar-refractivity contribution in [3.8, 4) is 0 Å². The number of hydrogen-bond acceptors (Lipinski definition) is 4. The van der Waals surface area contributed by atoms with E-state index in [9.17, 15) is 4.79 Å². The Labute approximate surface area is 121 Å². The molecule has 5 heteroatoms. The summed E-state index contributed by atoms with van der Waals surface area (Å²) in [6, 6.07) is 1.34. The molecule has 5 nitrogen and oxygen atoms in total. The van der Waals surface area contributed by atoms with Gasteiger partial charge in [0.2, 0.25) is 5.91 Å². The van der Waals surface area contributed by atoms with Gasteiger partial charge in [0.1, 0.15) is 0 Å². The van der Waals surface area contributed by atoms with E-state index in [1.807, 2.05) is 0 Å². The fourth-order valence-corrected chi connectivity index (χ4v) is 3.89. The zero-order valence-corrected chi connectivity index (χ0v) is 12.4. The van der Waals surface area contributed by atoms with Crippen molar-refractivity contribution in [3.63, 3.8) is 0 Å². The third kappa shape index (κ3) is 3.71. The van der Waals surface area contributed by atoms with Gasteiger partial charge in [-0.05, 0) is 38.6 Å². The molecule has 3 aliphatic rings. The van der Waals surface area contributed by atoms with Crippen LogP contribution in [0.2, 0.25) is 0 Å². The Balaban J connectivity index is 1.37. The number of morpholine rings is 1. The fourth-order valence-electron chi connectivity index (χ4n) is 3.89. The molecule has 1 amide bonds. The topological polar surface area (TPSA) is 53.6 Å². The van der Waals surface area contributed by atoms with E-state index in [2.05, 4.69) is 22.6 Å². The summed E-state index contributed by atoms with van der Waals surface area (Å²) in [5.41, 5.74) is 0. The summed E-state index contributed by atoms with van der Waals surface area (Å²) in [7, 11) is 2.10. The van der Waals surface area contributed by atoms with Gasteiger partial charge >= 0.3 is 0 Å². The summed E-state index contributed by atoms with van der Waals surface area (Å²) in [4.78, 5) is 14.3. The van der Waals surface area contributed by atoms with Gasteiger partial charge in [-0.2, -0.15) is 0 Å². The minimum absolute atomic E-state index is 0.155. The number of ether oxygens (including phenoxy) is 1. The molecule has 20 heavy (non-hydrogen) atoms. The van der Waals surface area contributed by atoms with Crippen LogP contribution in [0, 0.1) is 5.92 Å². The molecule has 0 spiro atoms. The molecule has 0 aromatic carbocycles. The van der Waals surface area contributed by atoms with E-state index in [-0.39, 0.29) is 12.0 Å². The van der Waals surface area contributed by atoms with Crippen LogP contribution < -0.4 is 10.6 Å². The normalized spacial score (nSPS) is 37.9. The maximum atomic E-state index is 12.1. The molecule has 3 aliphatic heterocycles. The van der Waals surface area contributed by atoms with Crippen LogP contribution >= 0.6 is 0 Å². The summed E-state index contributed by atoms with van der Waals surface area (Å²) in [5, 5.41) is 6.68. The van der Waals surface area contributed by atoms with Crippen LogP contribution in [-0.4, -0.2) is 62.3 Å². The summed E-state index contributed by atoms with van der Waals surface area (Å²) in [5.74, 6) is 0.775. The molecule has 2 N–H and O–H groups in total. The van der Waals surface area contributed by atoms with Crippen molar-refractivity contribution in [1.29, 1.82) is 0 Å². The Hall–Kier alpha value is -0.650. The van der Waals surface area contributed by atoms with E-state index < -0.39 is 0 Å². The van der Waals surface area contributed by atoms with Crippen LogP contribution in [0.3, 0.4) is 0 Å². The van der Waals surface area contributed by atoms with Crippen molar-refractivity contribution in [2.24, 2.45) is 5.92 Å². The summed E-state index contributed by atoms with van der Waals surface area (Å²) in [6.45, 7) is 3.33. The molecule has 114 valence electrons. The van der Waals surface area contributed by atoms with Crippen LogP contribution in [0.15, 0.2) is 0 Å². The van der Waals surface area contributed by atoms with Crippen LogP contribution in [0.25, 0.3) is 0 Å². The third-order valence-corrected chi connectivity index (χ3v) is 4.91. The van der Waals surface area contributed by atoms with Crippen LogP contribution in [0.5, 0.6) is 0 Å². The Kier molecular flexibility index (Phi) is 4.58. The highest BCUT2D eigenvalue weighted by Crippen LogP contribution is 2.32. The van der Waals surface area contributed by atoms with Gasteiger partial charge in [-0.15, -0.1) is 0 Å². The quantitative estimate of drug-likeness (QED) is 0.781. The first-order valence-electron chi connectivity index (χ1n) is 8.02. The van der Waals surface area contributed by atoms with Gasteiger partial charge in [0.15, 0.2) is 0 Å². The van der Waals surface area contributed by atoms with Gasteiger partial charge in [-0.25, -0.2) is 0 Å². The highest BCUT2D eigenvalue weighted by Gasteiger charge is 2.34. The van der Waals surface area contributed by atoms with E-state index in [0.717, 1.165) is 19.7 Å². The second kappa shape index (κ2) is 6.41. The lowest BCUT2D eigenvalue weighted by Crippen LogP contribution is -2.46. The molecule has 0 radical (unpaired) electrons. The summed E-state index contributed by atoms with van der Waals surface area (Å²) in [6.07, 6.45) is 5.79. The van der Waals surface area contributed by atoms with Crippen molar-refractivity contribution in [1.82, 2.24) is 15.5 Å². The summed E-state index contributed by atoms with van der Waals surface area (Å²) < 4.78 is 5.67. The number of nitrogens with zero attached hydrogens (tertiary/aromatic N) is 1. The van der Waals surface area contributed by atoms with Crippen molar-refractivity contribution >= 4 is 5.91 Å². The van der Waals surface area contributed by atoms with Crippen molar-refractivity contribution in [3.05, 3.63) is 0 Å². The number of nitrogens with one attached hydrogen (secondary N) is 2. The summed E-state index contributed by atoms with van der Waals surface area (Å²) >= 11 is 0. The SMILES string of the molecule is CN1CCOC(CNC(=O)CC2CC3CCC(C2)N3)C1. The Morgan fingerprint density at radius 2 is 2.10 bits per heavy atom. The Bertz CT molecular complexity index is 338. The van der Waals surface area contributed by atoms with Gasteiger partial charge in [0.05, 0.1) is 12.7 Å². The predicted octanol–water partition coefficient (Wildman–Crippen LogP) is 0.354. The second-order valence-electron chi connectivity index (χ2n) is 6.74. The fraction of sp³-hybridized carbons (Fsp3) is 0.933. The Morgan fingerprint density at radius 1 is 1.35 bits per heavy atom. The molecular weight excluding hydrogens is 254 g/mol. The zero-order valence-electron chi connectivity index (χ0n) is 12.4. The number of amides is 1. The van der Waals surface area contributed by atoms with Crippen molar-refractivity contribution in [2.75, 3.05) is 33.3 Å². The van der Waals surface area contributed by atoms with E-state index in [1.54, 1.807) is 0 Å². The number of hydrogen-bond donors (Lipinski definition) is 2. The van der Waals surface area contributed by atoms with Gasteiger partial charge in [0.25, 0.3) is 0 Å². The van der Waals surface area contributed by atoms with Crippen LogP contribution in [0.4, 0.5) is 0 Å². The monoisotopic (exact) mass is 281 g/mol. The first-order valence-corrected chi connectivity index (χ1v) is 8.02. The molecule has 3 saturated heterocycles. The molecule has 3 unspecified atom stereocenters.